The normalized spacial score (nSPS) is 26.8. The second kappa shape index (κ2) is 7.90. The predicted molar refractivity (Wildman–Crippen MR) is 125 cm³/mol. The van der Waals surface area contributed by atoms with Gasteiger partial charge in [0, 0.05) is 23.5 Å². The summed E-state index contributed by atoms with van der Waals surface area (Å²) in [4.78, 5) is 49.6. The van der Waals surface area contributed by atoms with Crippen molar-refractivity contribution >= 4 is 29.2 Å². The molecule has 1 saturated carbocycles. The number of carbonyl (C=O) groups is 4. The molecule has 0 aliphatic heterocycles. The number of aliphatic carboxylic acids is 1. The summed E-state index contributed by atoms with van der Waals surface area (Å²) in [6.45, 7) is 5.27. The molecule has 4 rings (SSSR count). The molecule has 0 aromatic heterocycles. The Bertz CT molecular complexity index is 1320. The number of aliphatic hydroxyl groups excluding tert-OH is 2. The number of hydrogen-bond donors (Lipinski definition) is 7. The van der Waals surface area contributed by atoms with Gasteiger partial charge in [0.15, 0.2) is 11.4 Å². The third-order valence-corrected chi connectivity index (χ3v) is 7.51. The van der Waals surface area contributed by atoms with E-state index in [2.05, 4.69) is 0 Å². The number of ketones is 2. The van der Waals surface area contributed by atoms with Crippen LogP contribution < -0.4 is 11.5 Å². The van der Waals surface area contributed by atoms with Crippen LogP contribution in [0.1, 0.15) is 61.9 Å². The highest BCUT2D eigenvalue weighted by Crippen LogP contribution is 2.53. The second-order valence-electron chi connectivity index (χ2n) is 10.7. The molecule has 3 aliphatic rings. The maximum atomic E-state index is 13.6. The Hall–Kier alpha value is -3.70. The zero-order valence-corrected chi connectivity index (χ0v) is 20.0. The molecular formula is C25H28N2O9. The summed E-state index contributed by atoms with van der Waals surface area (Å²) >= 11 is 0. The van der Waals surface area contributed by atoms with Crippen molar-refractivity contribution in [2.24, 2.45) is 23.3 Å². The number of amides is 1. The fraction of sp³-hybridized carbons (Fsp3) is 0.440. The number of phenols is 1. The van der Waals surface area contributed by atoms with E-state index in [-0.39, 0.29) is 46.4 Å². The molecule has 1 fully saturated rings. The van der Waals surface area contributed by atoms with E-state index in [0.29, 0.717) is 0 Å². The van der Waals surface area contributed by atoms with Crippen molar-refractivity contribution in [3.8, 4) is 5.75 Å². The molecular weight excluding hydrogens is 472 g/mol. The van der Waals surface area contributed by atoms with Gasteiger partial charge in [-0.15, -0.1) is 0 Å². The summed E-state index contributed by atoms with van der Waals surface area (Å²) in [7, 11) is 0. The van der Waals surface area contributed by atoms with Crippen LogP contribution in [-0.2, 0) is 31.0 Å². The molecule has 0 spiro atoms. The molecule has 0 radical (unpaired) electrons. The van der Waals surface area contributed by atoms with Gasteiger partial charge < -0.3 is 37.0 Å². The van der Waals surface area contributed by atoms with Crippen LogP contribution in [0.25, 0.3) is 5.76 Å². The van der Waals surface area contributed by atoms with Gasteiger partial charge in [-0.25, -0.2) is 0 Å². The van der Waals surface area contributed by atoms with Gasteiger partial charge in [-0.2, -0.15) is 0 Å². The molecule has 9 N–H and O–H groups in total. The first kappa shape index (κ1) is 25.4. The summed E-state index contributed by atoms with van der Waals surface area (Å²) in [6, 6.07) is -0.0169. The summed E-state index contributed by atoms with van der Waals surface area (Å²) in [5.74, 6) is -8.71. The fourth-order valence-electron chi connectivity index (χ4n) is 5.70. The van der Waals surface area contributed by atoms with Gasteiger partial charge in [0.2, 0.25) is 5.78 Å². The number of carboxylic acid groups (broad SMARTS) is 1. The molecule has 0 saturated heterocycles. The van der Waals surface area contributed by atoms with Crippen LogP contribution in [0.5, 0.6) is 5.75 Å². The number of benzene rings is 1. The van der Waals surface area contributed by atoms with Crippen LogP contribution in [-0.4, -0.2) is 54.6 Å². The molecule has 1 aromatic rings. The van der Waals surface area contributed by atoms with Crippen LogP contribution in [0.3, 0.4) is 0 Å². The minimum atomic E-state index is -2.67. The lowest BCUT2D eigenvalue weighted by Gasteiger charge is -2.46. The highest BCUT2D eigenvalue weighted by Gasteiger charge is 2.60. The maximum Gasteiger partial charge on any atom is 0.325 e. The minimum Gasteiger partial charge on any atom is -0.508 e. The lowest BCUT2D eigenvalue weighted by Crippen LogP contribution is -2.58. The Morgan fingerprint density at radius 1 is 1.14 bits per heavy atom. The first-order valence-corrected chi connectivity index (χ1v) is 11.4. The standard InChI is InChI=1S/C25H28N2O9/c1-24(2,3)12-7-11(17(26)23(34)35)10-5-8-4-9-6-13(28)16(22(27)33)21(32)25(9,36)20(31)14(8)19(30)15(10)18(12)29/h7-9,17,29-30,32,36H,4-6,26H2,1-3H3,(H2,27,33)(H,34,35). The number of aliphatic hydroxyl groups is 3. The number of fused-ring (bicyclic) bond motifs is 3. The van der Waals surface area contributed by atoms with E-state index in [1.165, 1.54) is 6.07 Å². The molecule has 11 nitrogen and oxygen atoms in total. The lowest BCUT2D eigenvalue weighted by molar-refractivity contribution is -0.147. The van der Waals surface area contributed by atoms with E-state index in [0.717, 1.165) is 0 Å². The number of carboxylic acids is 1. The van der Waals surface area contributed by atoms with Crippen LogP contribution in [0.2, 0.25) is 0 Å². The first-order valence-electron chi connectivity index (χ1n) is 11.4. The van der Waals surface area contributed by atoms with Crippen molar-refractivity contribution in [3.05, 3.63) is 45.2 Å². The second-order valence-corrected chi connectivity index (χ2v) is 10.7. The van der Waals surface area contributed by atoms with E-state index >= 15 is 0 Å². The largest absolute Gasteiger partial charge is 0.508 e. The monoisotopic (exact) mass is 500 g/mol. The van der Waals surface area contributed by atoms with E-state index in [1.54, 1.807) is 20.8 Å². The SMILES string of the molecule is CC(C)(C)c1cc(C(N)C(=O)O)c2c(c1O)C(O)=C1C(=O)C3(O)C(O)=C(C(N)=O)C(=O)CC3CC1C2. The number of Topliss-reactive ketones (excluding diaryl/α,β-unsaturated/α-hetero) is 2. The molecule has 3 aliphatic carbocycles. The number of phenolic OH excluding ortho intramolecular Hbond substituents is 1. The van der Waals surface area contributed by atoms with Crippen LogP contribution in [0.15, 0.2) is 23.0 Å². The molecule has 1 aromatic carbocycles. The van der Waals surface area contributed by atoms with Crippen molar-refractivity contribution in [2.45, 2.75) is 57.1 Å². The summed E-state index contributed by atoms with van der Waals surface area (Å²) in [6.07, 6.45) is -0.535. The van der Waals surface area contributed by atoms with E-state index < -0.39 is 75.8 Å². The number of primary amides is 1. The van der Waals surface area contributed by atoms with Crippen LogP contribution in [0, 0.1) is 11.8 Å². The first-order chi connectivity index (χ1) is 16.5. The Kier molecular flexibility index (Phi) is 5.57. The third-order valence-electron chi connectivity index (χ3n) is 7.51. The molecule has 0 bridgehead atoms. The highest BCUT2D eigenvalue weighted by atomic mass is 16.4. The van der Waals surface area contributed by atoms with E-state index in [1.807, 2.05) is 0 Å². The summed E-state index contributed by atoms with van der Waals surface area (Å²) in [5, 5.41) is 54.0. The Balaban J connectivity index is 2.01. The van der Waals surface area contributed by atoms with E-state index in [9.17, 15) is 44.7 Å². The smallest absolute Gasteiger partial charge is 0.325 e. The number of nitrogens with two attached hydrogens (primary N) is 2. The summed E-state index contributed by atoms with van der Waals surface area (Å²) in [5.41, 5.74) is 7.07. The Morgan fingerprint density at radius 2 is 1.75 bits per heavy atom. The van der Waals surface area contributed by atoms with Gasteiger partial charge in [0.05, 0.1) is 5.56 Å². The van der Waals surface area contributed by atoms with E-state index in [4.69, 9.17) is 11.5 Å². The van der Waals surface area contributed by atoms with Gasteiger partial charge in [-0.1, -0.05) is 20.8 Å². The molecule has 4 unspecified atom stereocenters. The maximum absolute atomic E-state index is 13.6. The quantitative estimate of drug-likeness (QED) is 0.289. The zero-order valence-electron chi connectivity index (χ0n) is 20.0. The summed E-state index contributed by atoms with van der Waals surface area (Å²) < 4.78 is 0. The lowest BCUT2D eigenvalue weighted by atomic mass is 9.59. The molecule has 36 heavy (non-hydrogen) atoms. The number of hydrogen-bond acceptors (Lipinski definition) is 9. The van der Waals surface area contributed by atoms with Crippen molar-refractivity contribution in [3.63, 3.8) is 0 Å². The van der Waals surface area contributed by atoms with Crippen molar-refractivity contribution in [1.82, 2.24) is 0 Å². The van der Waals surface area contributed by atoms with Gasteiger partial charge in [-0.05, 0) is 41.4 Å². The highest BCUT2D eigenvalue weighted by molar-refractivity contribution is 6.22. The van der Waals surface area contributed by atoms with Gasteiger partial charge in [0.1, 0.15) is 28.9 Å². The van der Waals surface area contributed by atoms with Crippen molar-refractivity contribution in [2.75, 3.05) is 0 Å². The average Bonchev–Trinajstić information content (AvgIpc) is 2.74. The molecule has 11 heteroatoms. The van der Waals surface area contributed by atoms with Crippen LogP contribution in [0.4, 0.5) is 0 Å². The Labute approximate surface area is 205 Å². The topological polar surface area (TPSA) is 221 Å². The van der Waals surface area contributed by atoms with Gasteiger partial charge in [0.25, 0.3) is 5.91 Å². The number of aromatic hydroxyl groups is 1. The number of rotatable bonds is 3. The van der Waals surface area contributed by atoms with Crippen molar-refractivity contribution < 1.29 is 44.7 Å². The Morgan fingerprint density at radius 3 is 2.28 bits per heavy atom. The predicted octanol–water partition coefficient (Wildman–Crippen LogP) is 0.806. The third kappa shape index (κ3) is 3.34. The van der Waals surface area contributed by atoms with Crippen molar-refractivity contribution in [1.29, 1.82) is 0 Å². The molecule has 192 valence electrons. The number of carbonyl (C=O) groups excluding carboxylic acids is 3. The van der Waals surface area contributed by atoms with Gasteiger partial charge >= 0.3 is 5.97 Å². The minimum absolute atomic E-state index is 0.0251. The van der Waals surface area contributed by atoms with Crippen LogP contribution >= 0.6 is 0 Å². The molecule has 0 heterocycles. The molecule has 1 amide bonds. The average molecular weight is 501 g/mol. The zero-order chi connectivity index (χ0) is 27.1. The fourth-order valence-corrected chi connectivity index (χ4v) is 5.70. The van der Waals surface area contributed by atoms with Gasteiger partial charge in [-0.3, -0.25) is 19.2 Å². The molecule has 4 atom stereocenters.